The first-order valence-corrected chi connectivity index (χ1v) is 12.7. The Morgan fingerprint density at radius 3 is 1.50 bits per heavy atom. The predicted octanol–water partition coefficient (Wildman–Crippen LogP) is 6.48. The molecular formula is C26H42O2. The van der Waals surface area contributed by atoms with Crippen LogP contribution in [0.4, 0.5) is 0 Å². The Morgan fingerprint density at radius 1 is 0.679 bits per heavy atom. The van der Waals surface area contributed by atoms with Gasteiger partial charge >= 0.3 is 5.97 Å². The SMILES string of the molecule is CCC1CC1CC1CC1CC1CC1CC1CC1CC1CC1CCCC(=O)OC. The molecule has 10 atom stereocenters. The fraction of sp³-hybridized carbons (Fsp3) is 0.962. The van der Waals surface area contributed by atoms with Crippen LogP contribution in [0.15, 0.2) is 0 Å². The molecule has 0 aliphatic heterocycles. The lowest BCUT2D eigenvalue weighted by Gasteiger charge is -2.02. The van der Waals surface area contributed by atoms with Crippen LogP contribution in [0.2, 0.25) is 0 Å². The minimum atomic E-state index is -0.0337. The van der Waals surface area contributed by atoms with Crippen molar-refractivity contribution in [2.75, 3.05) is 7.11 Å². The van der Waals surface area contributed by atoms with Crippen molar-refractivity contribution < 1.29 is 9.53 Å². The zero-order chi connectivity index (χ0) is 19.3. The Bertz CT molecular complexity index is 571. The summed E-state index contributed by atoms with van der Waals surface area (Å²) in [6.45, 7) is 2.38. The fourth-order valence-corrected chi connectivity index (χ4v) is 6.88. The fourth-order valence-electron chi connectivity index (χ4n) is 6.88. The summed E-state index contributed by atoms with van der Waals surface area (Å²) in [5, 5.41) is 0. The minimum absolute atomic E-state index is 0.0337. The first-order valence-electron chi connectivity index (χ1n) is 12.7. The number of hydrogen-bond acceptors (Lipinski definition) is 2. The smallest absolute Gasteiger partial charge is 0.305 e. The molecule has 28 heavy (non-hydrogen) atoms. The molecule has 0 heterocycles. The zero-order valence-electron chi connectivity index (χ0n) is 18.3. The van der Waals surface area contributed by atoms with Crippen LogP contribution in [0.5, 0.6) is 0 Å². The second-order valence-corrected chi connectivity index (χ2v) is 11.6. The van der Waals surface area contributed by atoms with E-state index in [1.165, 1.54) is 32.8 Å². The Balaban J connectivity index is 0.894. The average molecular weight is 387 g/mol. The van der Waals surface area contributed by atoms with Gasteiger partial charge in [-0.2, -0.15) is 0 Å². The Hall–Kier alpha value is -0.530. The van der Waals surface area contributed by atoms with Crippen molar-refractivity contribution in [2.45, 2.75) is 90.4 Å². The second kappa shape index (κ2) is 7.95. The highest BCUT2D eigenvalue weighted by molar-refractivity contribution is 5.68. The van der Waals surface area contributed by atoms with Crippen LogP contribution in [0, 0.1) is 59.2 Å². The van der Waals surface area contributed by atoms with Crippen LogP contribution in [-0.4, -0.2) is 13.1 Å². The van der Waals surface area contributed by atoms with Crippen molar-refractivity contribution in [3.63, 3.8) is 0 Å². The van der Waals surface area contributed by atoms with Crippen molar-refractivity contribution in [3.8, 4) is 0 Å². The lowest BCUT2D eigenvalue weighted by atomic mass is 10.0. The van der Waals surface area contributed by atoms with Crippen LogP contribution in [0.1, 0.15) is 90.4 Å². The van der Waals surface area contributed by atoms with Crippen molar-refractivity contribution in [2.24, 2.45) is 59.2 Å². The largest absolute Gasteiger partial charge is 0.469 e. The van der Waals surface area contributed by atoms with Gasteiger partial charge in [0.25, 0.3) is 0 Å². The summed E-state index contributed by atoms with van der Waals surface area (Å²) < 4.78 is 4.74. The number of rotatable bonds is 13. The molecule has 0 aromatic heterocycles. The third-order valence-corrected chi connectivity index (χ3v) is 9.48. The standard InChI is InChI=1S/C26H42O2/c1-3-16-7-18(16)9-20-11-22(20)13-24-15-25(24)14-23-12-21(23)10-19-8-17(19)5-4-6-26(27)28-2/h16-25H,3-15H2,1-2H3. The molecule has 5 rings (SSSR count). The summed E-state index contributed by atoms with van der Waals surface area (Å²) in [6, 6.07) is 0. The van der Waals surface area contributed by atoms with E-state index >= 15 is 0 Å². The van der Waals surface area contributed by atoms with Gasteiger partial charge in [0.2, 0.25) is 0 Å². The van der Waals surface area contributed by atoms with E-state index in [1.807, 2.05) is 0 Å². The molecule has 2 nitrogen and oxygen atoms in total. The van der Waals surface area contributed by atoms with Gasteiger partial charge in [-0.3, -0.25) is 4.79 Å². The highest BCUT2D eigenvalue weighted by Crippen LogP contribution is 2.61. The van der Waals surface area contributed by atoms with Crippen LogP contribution in [-0.2, 0) is 9.53 Å². The van der Waals surface area contributed by atoms with Crippen LogP contribution < -0.4 is 0 Å². The number of carbonyl (C=O) groups is 1. The van der Waals surface area contributed by atoms with E-state index in [-0.39, 0.29) is 5.97 Å². The number of carbonyl (C=O) groups excluding carboxylic acids is 1. The van der Waals surface area contributed by atoms with Gasteiger partial charge in [-0.15, -0.1) is 0 Å². The van der Waals surface area contributed by atoms with Crippen molar-refractivity contribution in [3.05, 3.63) is 0 Å². The molecule has 5 saturated carbocycles. The molecule has 0 spiro atoms. The highest BCUT2D eigenvalue weighted by Gasteiger charge is 2.51. The first kappa shape index (κ1) is 19.4. The van der Waals surface area contributed by atoms with Crippen LogP contribution >= 0.6 is 0 Å². The molecule has 2 heteroatoms. The van der Waals surface area contributed by atoms with E-state index in [0.717, 1.165) is 65.6 Å². The molecule has 0 saturated heterocycles. The first-order chi connectivity index (χ1) is 13.6. The van der Waals surface area contributed by atoms with Crippen LogP contribution in [0.25, 0.3) is 0 Å². The number of hydrogen-bond donors (Lipinski definition) is 0. The number of ether oxygens (including phenoxy) is 1. The minimum Gasteiger partial charge on any atom is -0.469 e. The van der Waals surface area contributed by atoms with Gasteiger partial charge < -0.3 is 4.74 Å². The molecule has 0 radical (unpaired) electrons. The summed E-state index contributed by atoms with van der Waals surface area (Å²) in [7, 11) is 1.50. The van der Waals surface area contributed by atoms with Gasteiger partial charge in [0.05, 0.1) is 7.11 Å². The highest BCUT2D eigenvalue weighted by atomic mass is 16.5. The molecule has 0 aromatic carbocycles. The topological polar surface area (TPSA) is 26.3 Å². The second-order valence-electron chi connectivity index (χ2n) is 11.6. The molecule has 5 aliphatic carbocycles. The predicted molar refractivity (Wildman–Crippen MR) is 113 cm³/mol. The Kier molecular flexibility index (Phi) is 5.52. The molecule has 0 aromatic rings. The lowest BCUT2D eigenvalue weighted by molar-refractivity contribution is -0.140. The monoisotopic (exact) mass is 386 g/mol. The van der Waals surface area contributed by atoms with E-state index in [9.17, 15) is 4.79 Å². The third-order valence-electron chi connectivity index (χ3n) is 9.48. The maximum Gasteiger partial charge on any atom is 0.305 e. The van der Waals surface area contributed by atoms with Gasteiger partial charge in [0.15, 0.2) is 0 Å². The summed E-state index contributed by atoms with van der Waals surface area (Å²) in [5.41, 5.74) is 0. The third kappa shape index (κ3) is 4.96. The molecule has 5 fully saturated rings. The van der Waals surface area contributed by atoms with Gasteiger partial charge in [-0.1, -0.05) is 13.3 Å². The van der Waals surface area contributed by atoms with E-state index in [4.69, 9.17) is 4.74 Å². The van der Waals surface area contributed by atoms with Crippen molar-refractivity contribution in [1.82, 2.24) is 0 Å². The maximum atomic E-state index is 11.2. The summed E-state index contributed by atoms with van der Waals surface area (Å²) >= 11 is 0. The number of methoxy groups -OCH3 is 1. The quantitative estimate of drug-likeness (QED) is 0.339. The van der Waals surface area contributed by atoms with Gasteiger partial charge in [-0.25, -0.2) is 0 Å². The number of esters is 1. The Labute approximate surface area is 172 Å². The zero-order valence-corrected chi connectivity index (χ0v) is 18.3. The normalized spacial score (nSPS) is 47.5. The van der Waals surface area contributed by atoms with Gasteiger partial charge in [0, 0.05) is 6.42 Å². The maximum absolute atomic E-state index is 11.2. The molecule has 158 valence electrons. The Morgan fingerprint density at radius 2 is 1.07 bits per heavy atom. The van der Waals surface area contributed by atoms with Crippen molar-refractivity contribution in [1.29, 1.82) is 0 Å². The molecule has 5 aliphatic rings. The van der Waals surface area contributed by atoms with E-state index in [0.29, 0.717) is 6.42 Å². The van der Waals surface area contributed by atoms with Crippen LogP contribution in [0.3, 0.4) is 0 Å². The van der Waals surface area contributed by atoms with Crippen molar-refractivity contribution >= 4 is 5.97 Å². The van der Waals surface area contributed by atoms with E-state index < -0.39 is 0 Å². The van der Waals surface area contributed by atoms with E-state index in [2.05, 4.69) is 6.92 Å². The molecule has 0 bridgehead atoms. The van der Waals surface area contributed by atoms with Gasteiger partial charge in [-0.05, 0) is 130 Å². The molecular weight excluding hydrogens is 344 g/mol. The summed E-state index contributed by atoms with van der Waals surface area (Å²) in [5.74, 6) is 10.9. The van der Waals surface area contributed by atoms with Gasteiger partial charge in [0.1, 0.15) is 0 Å². The van der Waals surface area contributed by atoms with E-state index in [1.54, 1.807) is 44.9 Å². The molecule has 0 amide bonds. The lowest BCUT2D eigenvalue weighted by Crippen LogP contribution is -1.99. The summed E-state index contributed by atoms with van der Waals surface area (Å²) in [4.78, 5) is 11.2. The summed E-state index contributed by atoms with van der Waals surface area (Å²) in [6.07, 6.45) is 18.3. The molecule has 10 unspecified atom stereocenters. The molecule has 0 N–H and O–H groups in total. The average Bonchev–Trinajstić information content (AvgIpc) is 3.50.